The predicted octanol–water partition coefficient (Wildman–Crippen LogP) is 3.18. The van der Waals surface area contributed by atoms with Crippen LogP contribution in [-0.2, 0) is 6.42 Å². The molecule has 1 atom stereocenters. The Morgan fingerprint density at radius 2 is 2.21 bits per heavy atom. The summed E-state index contributed by atoms with van der Waals surface area (Å²) in [4.78, 5) is 0. The molecule has 0 amide bonds. The van der Waals surface area contributed by atoms with E-state index < -0.39 is 5.82 Å². The highest BCUT2D eigenvalue weighted by atomic mass is 35.5. The van der Waals surface area contributed by atoms with E-state index >= 15 is 0 Å². The Kier molecular flexibility index (Phi) is 4.36. The van der Waals surface area contributed by atoms with Gasteiger partial charge in [0, 0.05) is 0 Å². The number of rotatable bonds is 4. The highest BCUT2D eigenvalue weighted by Gasteiger charge is 2.04. The summed E-state index contributed by atoms with van der Waals surface area (Å²) in [6.45, 7) is 1.93. The van der Waals surface area contributed by atoms with Crippen molar-refractivity contribution in [3.63, 3.8) is 0 Å². The van der Waals surface area contributed by atoms with Crippen LogP contribution in [0.25, 0.3) is 0 Å². The van der Waals surface area contributed by atoms with E-state index in [1.807, 2.05) is 6.92 Å². The van der Waals surface area contributed by atoms with Crippen molar-refractivity contribution >= 4 is 11.6 Å². The molecule has 0 spiro atoms. The molecular weight excluding hydrogens is 203 g/mol. The predicted molar refractivity (Wildman–Crippen MR) is 56.0 cm³/mol. The zero-order valence-electron chi connectivity index (χ0n) is 8.13. The second-order valence-electron chi connectivity index (χ2n) is 3.35. The van der Waals surface area contributed by atoms with Crippen LogP contribution < -0.4 is 0 Å². The molecule has 14 heavy (non-hydrogen) atoms. The summed E-state index contributed by atoms with van der Waals surface area (Å²) in [5, 5.41) is 9.48. The molecule has 0 aliphatic rings. The fourth-order valence-corrected chi connectivity index (χ4v) is 1.44. The average molecular weight is 217 g/mol. The van der Waals surface area contributed by atoms with Crippen molar-refractivity contribution in [3.05, 3.63) is 34.6 Å². The van der Waals surface area contributed by atoms with Gasteiger partial charge >= 0.3 is 0 Å². The molecular formula is C11H14ClFO. The largest absolute Gasteiger partial charge is 0.393 e. The molecule has 0 saturated heterocycles. The molecule has 1 N–H and O–H groups in total. The molecule has 0 aliphatic heterocycles. The first-order valence-corrected chi connectivity index (χ1v) is 5.13. The molecule has 1 unspecified atom stereocenters. The molecule has 0 saturated carbocycles. The number of benzene rings is 1. The third-order valence-corrected chi connectivity index (χ3v) is 2.51. The van der Waals surface area contributed by atoms with E-state index in [4.69, 9.17) is 11.6 Å². The fraction of sp³-hybridized carbons (Fsp3) is 0.455. The van der Waals surface area contributed by atoms with Crippen LogP contribution >= 0.6 is 11.6 Å². The Hall–Kier alpha value is -0.600. The summed E-state index contributed by atoms with van der Waals surface area (Å²) >= 11 is 5.63. The minimum Gasteiger partial charge on any atom is -0.393 e. The van der Waals surface area contributed by atoms with Crippen molar-refractivity contribution in [2.75, 3.05) is 0 Å². The third-order valence-electron chi connectivity index (χ3n) is 2.22. The van der Waals surface area contributed by atoms with Crippen LogP contribution in [0.2, 0.25) is 5.02 Å². The molecule has 0 aromatic heterocycles. The van der Waals surface area contributed by atoms with Gasteiger partial charge in [-0.1, -0.05) is 24.6 Å². The maximum Gasteiger partial charge on any atom is 0.141 e. The number of aliphatic hydroxyl groups excluding tert-OH is 1. The Bertz CT molecular complexity index is 301. The Balaban J connectivity index is 2.55. The SMILES string of the molecule is CCC(O)CCc1ccc(F)c(Cl)c1. The second kappa shape index (κ2) is 5.32. The highest BCUT2D eigenvalue weighted by molar-refractivity contribution is 6.30. The molecule has 0 radical (unpaired) electrons. The molecule has 78 valence electrons. The van der Waals surface area contributed by atoms with Crippen LogP contribution in [0, 0.1) is 5.82 Å². The Morgan fingerprint density at radius 1 is 1.50 bits per heavy atom. The fourth-order valence-electron chi connectivity index (χ4n) is 1.23. The van der Waals surface area contributed by atoms with E-state index in [1.165, 1.54) is 6.07 Å². The van der Waals surface area contributed by atoms with E-state index in [-0.39, 0.29) is 11.1 Å². The number of hydrogen-bond acceptors (Lipinski definition) is 1. The summed E-state index contributed by atoms with van der Waals surface area (Å²) < 4.78 is 12.8. The van der Waals surface area contributed by atoms with Crippen molar-refractivity contribution in [3.8, 4) is 0 Å². The van der Waals surface area contributed by atoms with Gasteiger partial charge in [-0.2, -0.15) is 0 Å². The molecule has 0 fully saturated rings. The summed E-state index contributed by atoms with van der Waals surface area (Å²) in [6, 6.07) is 4.67. The van der Waals surface area contributed by atoms with Crippen LogP contribution in [0.4, 0.5) is 4.39 Å². The van der Waals surface area contributed by atoms with Gasteiger partial charge in [-0.05, 0) is 37.0 Å². The van der Waals surface area contributed by atoms with Gasteiger partial charge < -0.3 is 5.11 Å². The molecule has 0 bridgehead atoms. The smallest absolute Gasteiger partial charge is 0.141 e. The van der Waals surface area contributed by atoms with Gasteiger partial charge in [-0.25, -0.2) is 4.39 Å². The van der Waals surface area contributed by atoms with E-state index in [1.54, 1.807) is 12.1 Å². The van der Waals surface area contributed by atoms with Crippen LogP contribution in [0.1, 0.15) is 25.3 Å². The summed E-state index contributed by atoms with van der Waals surface area (Å²) in [6.07, 6.45) is 1.89. The van der Waals surface area contributed by atoms with Crippen LogP contribution in [0.5, 0.6) is 0 Å². The van der Waals surface area contributed by atoms with E-state index in [9.17, 15) is 9.50 Å². The Labute approximate surface area is 88.5 Å². The lowest BCUT2D eigenvalue weighted by Crippen LogP contribution is -2.05. The number of halogens is 2. The van der Waals surface area contributed by atoms with Gasteiger partial charge in [0.2, 0.25) is 0 Å². The molecule has 1 rings (SSSR count). The maximum absolute atomic E-state index is 12.8. The summed E-state index contributed by atoms with van der Waals surface area (Å²) in [7, 11) is 0. The number of aryl methyl sites for hydroxylation is 1. The van der Waals surface area contributed by atoms with Crippen LogP contribution in [-0.4, -0.2) is 11.2 Å². The van der Waals surface area contributed by atoms with Crippen LogP contribution in [0.15, 0.2) is 18.2 Å². The topological polar surface area (TPSA) is 20.2 Å². The van der Waals surface area contributed by atoms with Gasteiger partial charge in [-0.3, -0.25) is 0 Å². The van der Waals surface area contributed by atoms with Gasteiger partial charge in [0.1, 0.15) is 5.82 Å². The maximum atomic E-state index is 12.8. The molecule has 1 aromatic rings. The van der Waals surface area contributed by atoms with Gasteiger partial charge in [-0.15, -0.1) is 0 Å². The quantitative estimate of drug-likeness (QED) is 0.820. The minimum atomic E-state index is -0.397. The first-order valence-electron chi connectivity index (χ1n) is 4.75. The molecule has 0 aliphatic carbocycles. The van der Waals surface area contributed by atoms with Gasteiger partial charge in [0.15, 0.2) is 0 Å². The average Bonchev–Trinajstić information content (AvgIpc) is 2.19. The zero-order valence-corrected chi connectivity index (χ0v) is 8.89. The normalized spacial score (nSPS) is 12.9. The van der Waals surface area contributed by atoms with Crippen LogP contribution in [0.3, 0.4) is 0 Å². The standard InChI is InChI=1S/C11H14ClFO/c1-2-9(14)5-3-8-4-6-11(13)10(12)7-8/h4,6-7,9,14H,2-3,5H2,1H3. The van der Waals surface area contributed by atoms with E-state index in [2.05, 4.69) is 0 Å². The lowest BCUT2D eigenvalue weighted by Gasteiger charge is -2.07. The Morgan fingerprint density at radius 3 is 2.79 bits per heavy atom. The van der Waals surface area contributed by atoms with Crippen molar-refractivity contribution in [2.24, 2.45) is 0 Å². The molecule has 1 aromatic carbocycles. The van der Waals surface area contributed by atoms with Crippen molar-refractivity contribution < 1.29 is 9.50 Å². The van der Waals surface area contributed by atoms with Crippen molar-refractivity contribution in [1.82, 2.24) is 0 Å². The lowest BCUT2D eigenvalue weighted by molar-refractivity contribution is 0.160. The van der Waals surface area contributed by atoms with E-state index in [0.29, 0.717) is 6.42 Å². The monoisotopic (exact) mass is 216 g/mol. The lowest BCUT2D eigenvalue weighted by atomic mass is 10.1. The first-order chi connectivity index (χ1) is 6.63. The first kappa shape index (κ1) is 11.5. The minimum absolute atomic E-state index is 0.147. The second-order valence-corrected chi connectivity index (χ2v) is 3.76. The summed E-state index contributed by atoms with van der Waals surface area (Å²) in [5.41, 5.74) is 0.962. The van der Waals surface area contributed by atoms with E-state index in [0.717, 1.165) is 18.4 Å². The molecule has 1 nitrogen and oxygen atoms in total. The molecule has 0 heterocycles. The van der Waals surface area contributed by atoms with Crippen molar-refractivity contribution in [2.45, 2.75) is 32.3 Å². The number of aliphatic hydroxyl groups is 1. The highest BCUT2D eigenvalue weighted by Crippen LogP contribution is 2.17. The van der Waals surface area contributed by atoms with Crippen molar-refractivity contribution in [1.29, 1.82) is 0 Å². The molecule has 3 heteroatoms. The third kappa shape index (κ3) is 3.28. The summed E-state index contributed by atoms with van der Waals surface area (Å²) in [5.74, 6) is -0.397. The van der Waals surface area contributed by atoms with Gasteiger partial charge in [0.05, 0.1) is 11.1 Å². The van der Waals surface area contributed by atoms with Gasteiger partial charge in [0.25, 0.3) is 0 Å². The number of hydrogen-bond donors (Lipinski definition) is 1. The zero-order chi connectivity index (χ0) is 10.6.